The predicted molar refractivity (Wildman–Crippen MR) is 111 cm³/mol. The topological polar surface area (TPSA) is 80.8 Å². The molecule has 0 atom stereocenters. The molecule has 1 heterocycles. The van der Waals surface area contributed by atoms with E-state index in [-0.39, 0.29) is 18.4 Å². The molecular weight excluding hydrogens is 370 g/mol. The van der Waals surface area contributed by atoms with Crippen LogP contribution in [0.2, 0.25) is 0 Å². The molecule has 1 N–H and O–H groups in total. The number of nitrogens with zero attached hydrogens (tertiary/aromatic N) is 2. The molecule has 2 amide bonds. The second kappa shape index (κ2) is 8.60. The normalized spacial score (nSPS) is 10.5. The van der Waals surface area contributed by atoms with E-state index in [1.165, 1.54) is 4.90 Å². The molecule has 3 aromatic rings. The van der Waals surface area contributed by atoms with Crippen LogP contribution in [0, 0.1) is 0 Å². The highest BCUT2D eigenvalue weighted by Crippen LogP contribution is 2.33. The summed E-state index contributed by atoms with van der Waals surface area (Å²) in [6, 6.07) is 14.6. The first-order valence-corrected chi connectivity index (χ1v) is 9.05. The fourth-order valence-electron chi connectivity index (χ4n) is 2.92. The van der Waals surface area contributed by atoms with Gasteiger partial charge in [-0.2, -0.15) is 0 Å². The van der Waals surface area contributed by atoms with Crippen molar-refractivity contribution in [2.75, 3.05) is 34.9 Å². The number of nitrogens with one attached hydrogen (secondary N) is 1. The van der Waals surface area contributed by atoms with E-state index in [4.69, 9.17) is 14.5 Å². The number of para-hydroxylation sites is 1. The molecule has 0 bridgehead atoms. The third kappa shape index (κ3) is 4.29. The first kappa shape index (κ1) is 20.1. The largest absolute Gasteiger partial charge is 0.493 e. The molecule has 2 aromatic carbocycles. The van der Waals surface area contributed by atoms with E-state index in [1.807, 2.05) is 36.4 Å². The van der Waals surface area contributed by atoms with Gasteiger partial charge >= 0.3 is 0 Å². The van der Waals surface area contributed by atoms with Crippen LogP contribution >= 0.6 is 0 Å². The van der Waals surface area contributed by atoms with Crippen molar-refractivity contribution >= 4 is 22.7 Å². The Morgan fingerprint density at radius 3 is 2.41 bits per heavy atom. The van der Waals surface area contributed by atoms with Crippen LogP contribution in [0.25, 0.3) is 22.2 Å². The summed E-state index contributed by atoms with van der Waals surface area (Å²) in [6.07, 6.45) is 0. The number of ether oxygens (including phenoxy) is 2. The Morgan fingerprint density at radius 2 is 1.72 bits per heavy atom. The maximum atomic E-state index is 12.8. The number of hydrogen-bond acceptors (Lipinski definition) is 5. The summed E-state index contributed by atoms with van der Waals surface area (Å²) in [4.78, 5) is 30.8. The van der Waals surface area contributed by atoms with E-state index in [9.17, 15) is 9.59 Å². The fourth-order valence-corrected chi connectivity index (χ4v) is 2.92. The van der Waals surface area contributed by atoms with Crippen LogP contribution in [0.4, 0.5) is 0 Å². The van der Waals surface area contributed by atoms with Gasteiger partial charge in [0.25, 0.3) is 5.91 Å². The molecule has 0 aliphatic heterocycles. The number of fused-ring (bicyclic) bond motifs is 1. The van der Waals surface area contributed by atoms with Crippen molar-refractivity contribution in [3.8, 4) is 22.8 Å². The van der Waals surface area contributed by atoms with Gasteiger partial charge in [0.1, 0.15) is 0 Å². The fraction of sp³-hybridized carbons (Fsp3) is 0.227. The van der Waals surface area contributed by atoms with Crippen LogP contribution in [0.1, 0.15) is 10.4 Å². The Bertz CT molecular complexity index is 1060. The van der Waals surface area contributed by atoms with Gasteiger partial charge in [-0.3, -0.25) is 9.59 Å². The first-order chi connectivity index (χ1) is 13.9. The molecule has 0 saturated carbocycles. The summed E-state index contributed by atoms with van der Waals surface area (Å²) in [5.74, 6) is 0.664. The zero-order valence-electron chi connectivity index (χ0n) is 16.9. The van der Waals surface area contributed by atoms with Crippen LogP contribution in [0.15, 0.2) is 48.5 Å². The predicted octanol–water partition coefficient (Wildman–Crippen LogP) is 2.74. The van der Waals surface area contributed by atoms with E-state index < -0.39 is 0 Å². The summed E-state index contributed by atoms with van der Waals surface area (Å²) in [7, 11) is 6.43. The number of likely N-dealkylation sites (N-methyl/N-ethyl adjacent to an activating group) is 1. The summed E-state index contributed by atoms with van der Waals surface area (Å²) >= 11 is 0. The van der Waals surface area contributed by atoms with Crippen molar-refractivity contribution in [2.45, 2.75) is 0 Å². The average molecular weight is 393 g/mol. The maximum absolute atomic E-state index is 12.8. The molecule has 0 aliphatic carbocycles. The molecule has 0 aliphatic rings. The lowest BCUT2D eigenvalue weighted by molar-refractivity contribution is -0.127. The molecule has 150 valence electrons. The van der Waals surface area contributed by atoms with Gasteiger partial charge in [0.05, 0.1) is 37.5 Å². The number of carbonyl (C=O) groups is 2. The number of methoxy groups -OCH3 is 2. The molecular formula is C22H23N3O4. The summed E-state index contributed by atoms with van der Waals surface area (Å²) in [5, 5.41) is 3.40. The lowest BCUT2D eigenvalue weighted by Crippen LogP contribution is -2.36. The lowest BCUT2D eigenvalue weighted by Gasteiger charge is -2.13. The van der Waals surface area contributed by atoms with Crippen molar-refractivity contribution in [3.05, 3.63) is 54.1 Å². The van der Waals surface area contributed by atoms with Gasteiger partial charge < -0.3 is 19.7 Å². The van der Waals surface area contributed by atoms with E-state index in [1.54, 1.807) is 40.4 Å². The van der Waals surface area contributed by atoms with Gasteiger partial charge in [-0.1, -0.05) is 18.2 Å². The first-order valence-electron chi connectivity index (χ1n) is 9.05. The Labute approximate surface area is 169 Å². The molecule has 0 unspecified atom stereocenters. The molecule has 0 spiro atoms. The summed E-state index contributed by atoms with van der Waals surface area (Å²) in [6.45, 7) is -0.0752. The van der Waals surface area contributed by atoms with Gasteiger partial charge in [0, 0.05) is 25.0 Å². The third-order valence-corrected chi connectivity index (χ3v) is 4.54. The van der Waals surface area contributed by atoms with Gasteiger partial charge in [-0.05, 0) is 30.3 Å². The SMILES string of the molecule is COc1ccc(-c2cc(C(=O)NCC(=O)N(C)C)c3ccccc3n2)cc1OC. The zero-order chi connectivity index (χ0) is 21.0. The average Bonchev–Trinajstić information content (AvgIpc) is 2.75. The van der Waals surface area contributed by atoms with E-state index in [0.717, 1.165) is 5.56 Å². The smallest absolute Gasteiger partial charge is 0.252 e. The standard InChI is InChI=1S/C22H23N3O4/c1-25(2)21(26)13-23-22(27)16-12-18(24-17-8-6-5-7-15(16)17)14-9-10-19(28-3)20(11-14)29-4/h5-12H,13H2,1-4H3,(H,23,27). The minimum absolute atomic E-state index is 0.0752. The highest BCUT2D eigenvalue weighted by atomic mass is 16.5. The number of hydrogen-bond donors (Lipinski definition) is 1. The van der Waals surface area contributed by atoms with Crippen molar-refractivity contribution in [1.82, 2.24) is 15.2 Å². The molecule has 1 aromatic heterocycles. The molecule has 7 heteroatoms. The Morgan fingerprint density at radius 1 is 1.00 bits per heavy atom. The molecule has 0 fully saturated rings. The minimum Gasteiger partial charge on any atom is -0.493 e. The minimum atomic E-state index is -0.333. The Hall–Kier alpha value is -3.61. The quantitative estimate of drug-likeness (QED) is 0.697. The number of amides is 2. The van der Waals surface area contributed by atoms with E-state index >= 15 is 0 Å². The van der Waals surface area contributed by atoms with Gasteiger partial charge in [0.2, 0.25) is 5.91 Å². The van der Waals surface area contributed by atoms with Gasteiger partial charge in [-0.25, -0.2) is 4.98 Å². The van der Waals surface area contributed by atoms with E-state index in [0.29, 0.717) is 33.7 Å². The molecule has 0 saturated heterocycles. The number of carbonyl (C=O) groups excluding carboxylic acids is 2. The van der Waals surface area contributed by atoms with Crippen molar-refractivity contribution in [1.29, 1.82) is 0 Å². The zero-order valence-corrected chi connectivity index (χ0v) is 16.9. The highest BCUT2D eigenvalue weighted by Gasteiger charge is 2.16. The molecule has 0 radical (unpaired) electrons. The van der Waals surface area contributed by atoms with Crippen LogP contribution in [0.5, 0.6) is 11.5 Å². The third-order valence-electron chi connectivity index (χ3n) is 4.54. The molecule has 3 rings (SSSR count). The van der Waals surface area contributed by atoms with Crippen LogP contribution in [0.3, 0.4) is 0 Å². The molecule has 29 heavy (non-hydrogen) atoms. The van der Waals surface area contributed by atoms with Crippen molar-refractivity contribution < 1.29 is 19.1 Å². The van der Waals surface area contributed by atoms with Crippen LogP contribution < -0.4 is 14.8 Å². The van der Waals surface area contributed by atoms with Crippen LogP contribution in [-0.4, -0.2) is 56.6 Å². The Balaban J connectivity index is 2.05. The second-order valence-electron chi connectivity index (χ2n) is 6.61. The lowest BCUT2D eigenvalue weighted by atomic mass is 10.0. The summed E-state index contributed by atoms with van der Waals surface area (Å²) < 4.78 is 10.7. The van der Waals surface area contributed by atoms with E-state index in [2.05, 4.69) is 5.32 Å². The number of benzene rings is 2. The van der Waals surface area contributed by atoms with Crippen molar-refractivity contribution in [2.24, 2.45) is 0 Å². The highest BCUT2D eigenvalue weighted by molar-refractivity contribution is 6.08. The monoisotopic (exact) mass is 393 g/mol. The molecule has 7 nitrogen and oxygen atoms in total. The summed E-state index contributed by atoms with van der Waals surface area (Å²) in [5.41, 5.74) is 2.54. The van der Waals surface area contributed by atoms with Crippen molar-refractivity contribution in [3.63, 3.8) is 0 Å². The van der Waals surface area contributed by atoms with Gasteiger partial charge in [0.15, 0.2) is 11.5 Å². The number of pyridine rings is 1. The van der Waals surface area contributed by atoms with Gasteiger partial charge in [-0.15, -0.1) is 0 Å². The second-order valence-corrected chi connectivity index (χ2v) is 6.61. The number of rotatable bonds is 6. The maximum Gasteiger partial charge on any atom is 0.252 e. The number of aromatic nitrogens is 1. The van der Waals surface area contributed by atoms with Crippen LogP contribution in [-0.2, 0) is 4.79 Å². The Kier molecular flexibility index (Phi) is 5.97.